The SMILES string of the molecule is COC(=O)C(N)C1CCN(CC(F)F)CC1.Cl.Cl. The fraction of sp³-hybridized carbons (Fsp3) is 0.900. The number of methoxy groups -OCH3 is 1. The average Bonchev–Trinajstić information content (AvgIpc) is 2.27. The van der Waals surface area contributed by atoms with E-state index in [0.29, 0.717) is 25.9 Å². The van der Waals surface area contributed by atoms with Crippen LogP contribution in [0.3, 0.4) is 0 Å². The summed E-state index contributed by atoms with van der Waals surface area (Å²) in [5, 5.41) is 0. The summed E-state index contributed by atoms with van der Waals surface area (Å²) in [7, 11) is 1.30. The number of piperidine rings is 1. The molecule has 18 heavy (non-hydrogen) atoms. The molecule has 1 atom stereocenters. The summed E-state index contributed by atoms with van der Waals surface area (Å²) in [6.45, 7) is 0.944. The molecule has 4 nitrogen and oxygen atoms in total. The van der Waals surface area contributed by atoms with Gasteiger partial charge in [0, 0.05) is 0 Å². The summed E-state index contributed by atoms with van der Waals surface area (Å²) in [5.74, 6) is -0.381. The Hall–Kier alpha value is -0.170. The highest BCUT2D eigenvalue weighted by molar-refractivity contribution is 5.85. The molecule has 0 bridgehead atoms. The van der Waals surface area contributed by atoms with E-state index in [2.05, 4.69) is 4.74 Å². The second-order valence-corrected chi connectivity index (χ2v) is 4.08. The number of halogens is 4. The first-order chi connectivity index (χ1) is 7.54. The number of carbonyl (C=O) groups is 1. The molecule has 1 unspecified atom stereocenters. The Balaban J connectivity index is 0. The number of likely N-dealkylation sites (tertiary alicyclic amines) is 1. The van der Waals surface area contributed by atoms with Gasteiger partial charge in [0.2, 0.25) is 0 Å². The summed E-state index contributed by atoms with van der Waals surface area (Å²) in [5.41, 5.74) is 5.71. The summed E-state index contributed by atoms with van der Waals surface area (Å²) >= 11 is 0. The first-order valence-corrected chi connectivity index (χ1v) is 5.38. The molecule has 0 aromatic heterocycles. The molecule has 0 saturated carbocycles. The highest BCUT2D eigenvalue weighted by atomic mass is 35.5. The highest BCUT2D eigenvalue weighted by Gasteiger charge is 2.29. The lowest BCUT2D eigenvalue weighted by Gasteiger charge is -2.33. The van der Waals surface area contributed by atoms with Crippen molar-refractivity contribution in [3.63, 3.8) is 0 Å². The predicted octanol–water partition coefficient (Wildman–Crippen LogP) is 1.31. The van der Waals surface area contributed by atoms with Crippen molar-refractivity contribution in [1.29, 1.82) is 0 Å². The van der Waals surface area contributed by atoms with Crippen LogP contribution in [0, 0.1) is 5.92 Å². The van der Waals surface area contributed by atoms with Gasteiger partial charge in [-0.05, 0) is 31.8 Å². The second kappa shape index (κ2) is 9.72. The van der Waals surface area contributed by atoms with E-state index < -0.39 is 18.4 Å². The van der Waals surface area contributed by atoms with Gasteiger partial charge in [0.25, 0.3) is 6.43 Å². The molecule has 0 aromatic carbocycles. The zero-order valence-electron chi connectivity index (χ0n) is 10.2. The number of nitrogens with zero attached hydrogens (tertiary/aromatic N) is 1. The van der Waals surface area contributed by atoms with Crippen molar-refractivity contribution in [1.82, 2.24) is 4.90 Å². The normalized spacial score (nSPS) is 18.7. The van der Waals surface area contributed by atoms with Gasteiger partial charge in [-0.1, -0.05) is 0 Å². The maximum absolute atomic E-state index is 12.1. The molecule has 1 fully saturated rings. The van der Waals surface area contributed by atoms with Gasteiger partial charge in [-0.3, -0.25) is 9.69 Å². The molecule has 0 amide bonds. The van der Waals surface area contributed by atoms with Gasteiger partial charge in [-0.2, -0.15) is 0 Å². The molecule has 1 heterocycles. The second-order valence-electron chi connectivity index (χ2n) is 4.08. The number of carbonyl (C=O) groups excluding carboxylic acids is 1. The van der Waals surface area contributed by atoms with Crippen LogP contribution in [-0.4, -0.2) is 50.1 Å². The van der Waals surface area contributed by atoms with E-state index in [-0.39, 0.29) is 37.3 Å². The quantitative estimate of drug-likeness (QED) is 0.796. The van der Waals surface area contributed by atoms with E-state index in [1.54, 1.807) is 4.90 Å². The van der Waals surface area contributed by atoms with Crippen LogP contribution in [0.15, 0.2) is 0 Å². The van der Waals surface area contributed by atoms with Gasteiger partial charge in [0.15, 0.2) is 0 Å². The van der Waals surface area contributed by atoms with Crippen LogP contribution >= 0.6 is 24.8 Å². The van der Waals surface area contributed by atoms with Crippen LogP contribution in [0.1, 0.15) is 12.8 Å². The van der Waals surface area contributed by atoms with E-state index >= 15 is 0 Å². The molecule has 0 aromatic rings. The Labute approximate surface area is 118 Å². The molecule has 0 radical (unpaired) electrons. The molecule has 2 N–H and O–H groups in total. The first-order valence-electron chi connectivity index (χ1n) is 5.38. The molecule has 110 valence electrons. The van der Waals surface area contributed by atoms with E-state index in [9.17, 15) is 13.6 Å². The first kappa shape index (κ1) is 20.2. The van der Waals surface area contributed by atoms with Gasteiger partial charge < -0.3 is 10.5 Å². The zero-order chi connectivity index (χ0) is 12.1. The topological polar surface area (TPSA) is 55.6 Å². The van der Waals surface area contributed by atoms with Gasteiger partial charge >= 0.3 is 5.97 Å². The number of rotatable bonds is 4. The van der Waals surface area contributed by atoms with E-state index in [1.807, 2.05) is 0 Å². The third-order valence-corrected chi connectivity index (χ3v) is 3.01. The Bertz CT molecular complexity index is 240. The highest BCUT2D eigenvalue weighted by Crippen LogP contribution is 2.20. The largest absolute Gasteiger partial charge is 0.468 e. The minimum Gasteiger partial charge on any atom is -0.468 e. The summed E-state index contributed by atoms with van der Waals surface area (Å²) < 4.78 is 28.8. The number of alkyl halides is 2. The lowest BCUT2D eigenvalue weighted by Crippen LogP contribution is -2.46. The Kier molecular flexibility index (Phi) is 10.9. The third kappa shape index (κ3) is 6.13. The van der Waals surface area contributed by atoms with Crippen molar-refractivity contribution in [2.75, 3.05) is 26.7 Å². The zero-order valence-corrected chi connectivity index (χ0v) is 11.8. The number of nitrogens with two attached hydrogens (primary N) is 1. The molecule has 1 aliphatic rings. The van der Waals surface area contributed by atoms with Crippen LogP contribution in [0.5, 0.6) is 0 Å². The molecular formula is C10H20Cl2F2N2O2. The molecular weight excluding hydrogens is 289 g/mol. The minimum absolute atomic E-state index is 0. The van der Waals surface area contributed by atoms with Gasteiger partial charge in [-0.25, -0.2) is 8.78 Å². The van der Waals surface area contributed by atoms with Crippen molar-refractivity contribution in [2.24, 2.45) is 11.7 Å². The molecule has 1 saturated heterocycles. The molecule has 0 aliphatic carbocycles. The average molecular weight is 309 g/mol. The van der Waals surface area contributed by atoms with E-state index in [4.69, 9.17) is 5.73 Å². The minimum atomic E-state index is -2.30. The van der Waals surface area contributed by atoms with Crippen LogP contribution in [0.4, 0.5) is 8.78 Å². The fourth-order valence-electron chi connectivity index (χ4n) is 2.02. The maximum atomic E-state index is 12.1. The summed E-state index contributed by atoms with van der Waals surface area (Å²) in [4.78, 5) is 12.9. The fourth-order valence-corrected chi connectivity index (χ4v) is 2.02. The van der Waals surface area contributed by atoms with Gasteiger partial charge in [0.1, 0.15) is 6.04 Å². The van der Waals surface area contributed by atoms with Crippen molar-refractivity contribution >= 4 is 30.8 Å². The van der Waals surface area contributed by atoms with Crippen LogP contribution in [0.25, 0.3) is 0 Å². The van der Waals surface area contributed by atoms with E-state index in [0.717, 1.165) is 0 Å². The molecule has 8 heteroatoms. The predicted molar refractivity (Wildman–Crippen MR) is 69.7 cm³/mol. The Morgan fingerprint density at radius 1 is 1.39 bits per heavy atom. The van der Waals surface area contributed by atoms with Crippen molar-refractivity contribution in [3.05, 3.63) is 0 Å². The van der Waals surface area contributed by atoms with Gasteiger partial charge in [-0.15, -0.1) is 24.8 Å². The van der Waals surface area contributed by atoms with Gasteiger partial charge in [0.05, 0.1) is 13.7 Å². The van der Waals surface area contributed by atoms with Crippen LogP contribution in [0.2, 0.25) is 0 Å². The summed E-state index contributed by atoms with van der Waals surface area (Å²) in [6.07, 6.45) is -0.961. The monoisotopic (exact) mass is 308 g/mol. The number of ether oxygens (including phenoxy) is 1. The molecule has 0 spiro atoms. The number of hydrogen-bond acceptors (Lipinski definition) is 4. The van der Waals surface area contributed by atoms with Crippen LogP contribution in [-0.2, 0) is 9.53 Å². The molecule has 1 aliphatic heterocycles. The lowest BCUT2D eigenvalue weighted by molar-refractivity contribution is -0.144. The third-order valence-electron chi connectivity index (χ3n) is 3.01. The van der Waals surface area contributed by atoms with Crippen LogP contribution < -0.4 is 5.73 Å². The van der Waals surface area contributed by atoms with Crippen molar-refractivity contribution < 1.29 is 18.3 Å². The number of esters is 1. The standard InChI is InChI=1S/C10H18F2N2O2.2ClH/c1-16-10(15)9(13)7-2-4-14(5-3-7)6-8(11)12;;/h7-9H,2-6,13H2,1H3;2*1H. The lowest BCUT2D eigenvalue weighted by atomic mass is 9.90. The van der Waals surface area contributed by atoms with Crippen molar-refractivity contribution in [3.8, 4) is 0 Å². The van der Waals surface area contributed by atoms with E-state index in [1.165, 1.54) is 7.11 Å². The number of hydrogen-bond donors (Lipinski definition) is 1. The smallest absolute Gasteiger partial charge is 0.322 e. The maximum Gasteiger partial charge on any atom is 0.322 e. The summed E-state index contributed by atoms with van der Waals surface area (Å²) in [6, 6.07) is -0.626. The Morgan fingerprint density at radius 2 is 1.89 bits per heavy atom. The Morgan fingerprint density at radius 3 is 2.28 bits per heavy atom. The van der Waals surface area contributed by atoms with Crippen molar-refractivity contribution in [2.45, 2.75) is 25.3 Å². The molecule has 1 rings (SSSR count).